The van der Waals surface area contributed by atoms with Gasteiger partial charge in [0, 0.05) is 44.8 Å². The third-order valence-corrected chi connectivity index (χ3v) is 5.19. The largest absolute Gasteiger partial charge is 0.352 e. The zero-order chi connectivity index (χ0) is 18.9. The number of halogens is 1. The third-order valence-electron chi connectivity index (χ3n) is 3.63. The van der Waals surface area contributed by atoms with Crippen molar-refractivity contribution in [1.29, 1.82) is 0 Å². The van der Waals surface area contributed by atoms with Crippen LogP contribution < -0.4 is 5.56 Å². The van der Waals surface area contributed by atoms with Gasteiger partial charge >= 0.3 is 0 Å². The van der Waals surface area contributed by atoms with Crippen LogP contribution in [0, 0.1) is 0 Å². The number of benzene rings is 1. The van der Waals surface area contributed by atoms with Crippen molar-refractivity contribution in [1.82, 2.24) is 9.78 Å². The average Bonchev–Trinajstić information content (AvgIpc) is 2.87. The predicted molar refractivity (Wildman–Crippen MR) is 90.8 cm³/mol. The number of aryl methyl sites for hydroxylation is 1. The number of nitrogens with one attached hydrogen (secondary N) is 1. The number of hydrogen-bond acceptors (Lipinski definition) is 6. The van der Waals surface area contributed by atoms with Gasteiger partial charge in [-0.2, -0.15) is 0 Å². The lowest BCUT2D eigenvalue weighted by atomic mass is 10.0. The summed E-state index contributed by atoms with van der Waals surface area (Å²) < 4.78 is 35.4. The Balaban J connectivity index is 2.74. The molecule has 1 aromatic heterocycles. The van der Waals surface area contributed by atoms with Crippen LogP contribution in [-0.4, -0.2) is 44.5 Å². The molecule has 2 rings (SSSR count). The Kier molecular flexibility index (Phi) is 5.52. The van der Waals surface area contributed by atoms with Crippen molar-refractivity contribution >= 4 is 27.2 Å². The molecule has 0 aliphatic rings. The van der Waals surface area contributed by atoms with Crippen molar-refractivity contribution < 1.29 is 22.7 Å². The smallest absolute Gasteiger partial charge is 0.277 e. The molecule has 2 aromatic rings. The van der Waals surface area contributed by atoms with Gasteiger partial charge in [0.2, 0.25) is 5.78 Å². The SMILES string of the molecule is COC(OC)c1c(S(C)(=O)=O)ccc(C(=O)c2c[nH]n(C)c2=O)c1Cl. The van der Waals surface area contributed by atoms with Gasteiger partial charge in [-0.25, -0.2) is 8.42 Å². The molecule has 0 bridgehead atoms. The van der Waals surface area contributed by atoms with E-state index in [-0.39, 0.29) is 26.6 Å². The molecule has 1 N–H and O–H groups in total. The molecule has 0 aliphatic carbocycles. The summed E-state index contributed by atoms with van der Waals surface area (Å²) in [5.41, 5.74) is -0.661. The first-order valence-corrected chi connectivity index (χ1v) is 9.27. The highest BCUT2D eigenvalue weighted by molar-refractivity contribution is 7.90. The second-order valence-electron chi connectivity index (χ2n) is 5.29. The highest BCUT2D eigenvalue weighted by atomic mass is 35.5. The molecule has 1 aromatic carbocycles. The van der Waals surface area contributed by atoms with Crippen LogP contribution in [0.5, 0.6) is 0 Å². The Hall–Kier alpha value is -1.94. The van der Waals surface area contributed by atoms with Crippen LogP contribution in [0.4, 0.5) is 0 Å². The molecule has 136 valence electrons. The van der Waals surface area contributed by atoms with Crippen molar-refractivity contribution in [2.75, 3.05) is 20.5 Å². The Morgan fingerprint density at radius 3 is 2.28 bits per heavy atom. The third kappa shape index (κ3) is 3.54. The number of nitrogens with zero attached hydrogens (tertiary/aromatic N) is 1. The summed E-state index contributed by atoms with van der Waals surface area (Å²) in [4.78, 5) is 24.5. The summed E-state index contributed by atoms with van der Waals surface area (Å²) in [5.74, 6) is -0.640. The van der Waals surface area contributed by atoms with E-state index >= 15 is 0 Å². The fraction of sp³-hybridized carbons (Fsp3) is 0.333. The number of sulfone groups is 1. The lowest BCUT2D eigenvalue weighted by Gasteiger charge is -2.19. The molecule has 0 fully saturated rings. The highest BCUT2D eigenvalue weighted by Gasteiger charge is 2.28. The normalized spacial score (nSPS) is 11.9. The van der Waals surface area contributed by atoms with E-state index in [9.17, 15) is 18.0 Å². The van der Waals surface area contributed by atoms with E-state index in [4.69, 9.17) is 21.1 Å². The predicted octanol–water partition coefficient (Wildman–Crippen LogP) is 1.29. The van der Waals surface area contributed by atoms with Gasteiger partial charge in [0.1, 0.15) is 5.56 Å². The molecule has 8 nitrogen and oxygen atoms in total. The van der Waals surface area contributed by atoms with Crippen LogP contribution >= 0.6 is 11.6 Å². The molecular formula is C15H17ClN2O6S. The number of hydrogen-bond donors (Lipinski definition) is 1. The summed E-state index contributed by atoms with van der Waals surface area (Å²) in [6.07, 6.45) is 1.17. The summed E-state index contributed by atoms with van der Waals surface area (Å²) in [6, 6.07) is 2.51. The maximum Gasteiger partial charge on any atom is 0.277 e. The van der Waals surface area contributed by atoms with Gasteiger partial charge in [-0.05, 0) is 12.1 Å². The molecule has 0 radical (unpaired) electrons. The molecular weight excluding hydrogens is 372 g/mol. The van der Waals surface area contributed by atoms with Gasteiger partial charge in [0.05, 0.1) is 9.92 Å². The van der Waals surface area contributed by atoms with Crippen LogP contribution in [0.3, 0.4) is 0 Å². The zero-order valence-corrected chi connectivity index (χ0v) is 15.6. The second-order valence-corrected chi connectivity index (χ2v) is 7.66. The van der Waals surface area contributed by atoms with Gasteiger partial charge in [-0.3, -0.25) is 14.3 Å². The maximum absolute atomic E-state index is 12.7. The van der Waals surface area contributed by atoms with E-state index in [0.29, 0.717) is 0 Å². The van der Waals surface area contributed by atoms with E-state index in [0.717, 1.165) is 10.9 Å². The number of H-pyrrole nitrogens is 1. The maximum atomic E-state index is 12.7. The van der Waals surface area contributed by atoms with Crippen molar-refractivity contribution in [3.63, 3.8) is 0 Å². The molecule has 1 heterocycles. The number of ether oxygens (including phenoxy) is 2. The molecule has 0 aliphatic heterocycles. The summed E-state index contributed by atoms with van der Waals surface area (Å²) >= 11 is 6.31. The Morgan fingerprint density at radius 1 is 1.24 bits per heavy atom. The lowest BCUT2D eigenvalue weighted by molar-refractivity contribution is -0.107. The second kappa shape index (κ2) is 7.12. The van der Waals surface area contributed by atoms with Crippen molar-refractivity contribution in [3.05, 3.63) is 50.4 Å². The Labute approximate surface area is 149 Å². The van der Waals surface area contributed by atoms with Gasteiger partial charge in [0.25, 0.3) is 5.56 Å². The van der Waals surface area contributed by atoms with Crippen molar-refractivity contribution in [3.8, 4) is 0 Å². The first kappa shape index (κ1) is 19.4. The van der Waals surface area contributed by atoms with Crippen molar-refractivity contribution in [2.45, 2.75) is 11.2 Å². The van der Waals surface area contributed by atoms with E-state index in [1.165, 1.54) is 39.6 Å². The molecule has 0 unspecified atom stereocenters. The first-order chi connectivity index (χ1) is 11.6. The number of aromatic amines is 1. The zero-order valence-electron chi connectivity index (χ0n) is 14.0. The number of rotatable bonds is 6. The molecule has 25 heavy (non-hydrogen) atoms. The molecule has 0 saturated heterocycles. The van der Waals surface area contributed by atoms with Gasteiger partial charge in [0.15, 0.2) is 16.1 Å². The molecule has 0 atom stereocenters. The number of aromatic nitrogens is 2. The monoisotopic (exact) mass is 388 g/mol. The van der Waals surface area contributed by atoms with Crippen LogP contribution in [0.25, 0.3) is 0 Å². The molecule has 0 saturated carbocycles. The van der Waals surface area contributed by atoms with Gasteiger partial charge in [-0.1, -0.05) is 11.6 Å². The van der Waals surface area contributed by atoms with Crippen LogP contribution in [-0.2, 0) is 26.4 Å². The Morgan fingerprint density at radius 2 is 1.84 bits per heavy atom. The lowest BCUT2D eigenvalue weighted by Crippen LogP contribution is -2.20. The topological polar surface area (TPSA) is 107 Å². The molecule has 10 heteroatoms. The summed E-state index contributed by atoms with van der Waals surface area (Å²) in [5, 5.41) is 2.45. The van der Waals surface area contributed by atoms with Gasteiger partial charge in [-0.15, -0.1) is 0 Å². The minimum absolute atomic E-state index is 0.00683. The number of ketones is 1. The van der Waals surface area contributed by atoms with Crippen molar-refractivity contribution in [2.24, 2.45) is 7.05 Å². The fourth-order valence-corrected chi connectivity index (χ4v) is 3.70. The Bertz CT molecular complexity index is 972. The van der Waals surface area contributed by atoms with Crippen LogP contribution in [0.15, 0.2) is 28.0 Å². The first-order valence-electron chi connectivity index (χ1n) is 7.00. The molecule has 0 spiro atoms. The van der Waals surface area contributed by atoms with E-state index in [1.807, 2.05) is 0 Å². The minimum Gasteiger partial charge on any atom is -0.352 e. The fourth-order valence-electron chi connectivity index (χ4n) is 2.40. The van der Waals surface area contributed by atoms with Crippen LogP contribution in [0.1, 0.15) is 27.8 Å². The van der Waals surface area contributed by atoms with E-state index in [1.54, 1.807) is 0 Å². The van der Waals surface area contributed by atoms with E-state index in [2.05, 4.69) is 5.10 Å². The summed E-state index contributed by atoms with van der Waals surface area (Å²) in [7, 11) is 0.428. The van der Waals surface area contributed by atoms with Crippen LogP contribution in [0.2, 0.25) is 5.02 Å². The standard InChI is InChI=1S/C15H17ClN2O6S/c1-18-14(20)9(7-17-18)13(19)8-5-6-10(25(4,21)22)11(12(8)16)15(23-2)24-3/h5-7,15,17H,1-4H3. The van der Waals surface area contributed by atoms with Gasteiger partial charge < -0.3 is 14.6 Å². The number of carbonyl (C=O) groups is 1. The minimum atomic E-state index is -3.66. The number of methoxy groups -OCH3 is 2. The molecule has 0 amide bonds. The average molecular weight is 389 g/mol. The van der Waals surface area contributed by atoms with E-state index < -0.39 is 27.5 Å². The number of carbonyl (C=O) groups excluding carboxylic acids is 1. The summed E-state index contributed by atoms with van der Waals surface area (Å²) in [6.45, 7) is 0. The quantitative estimate of drug-likeness (QED) is 0.590. The highest BCUT2D eigenvalue weighted by Crippen LogP contribution is 2.35.